The summed E-state index contributed by atoms with van der Waals surface area (Å²) in [7, 11) is 0. The predicted molar refractivity (Wildman–Crippen MR) is 158 cm³/mol. The highest BCUT2D eigenvalue weighted by Crippen LogP contribution is 2.21. The highest BCUT2D eigenvalue weighted by Gasteiger charge is 2.36. The van der Waals surface area contributed by atoms with Gasteiger partial charge in [-0.25, -0.2) is 4.79 Å². The second-order valence-corrected chi connectivity index (χ2v) is 13.5. The molecule has 1 aliphatic rings. The molecule has 1 saturated heterocycles. The summed E-state index contributed by atoms with van der Waals surface area (Å²) in [4.78, 5) is 43.2. The Morgan fingerprint density at radius 3 is 2.10 bits per heavy atom. The molecule has 2 rings (SSSR count). The van der Waals surface area contributed by atoms with Crippen molar-refractivity contribution >= 4 is 17.9 Å². The van der Waals surface area contributed by atoms with Crippen LogP contribution in [-0.2, 0) is 20.7 Å². The Balaban J connectivity index is 2.24. The molecule has 0 aromatic heterocycles. The van der Waals surface area contributed by atoms with Crippen molar-refractivity contribution in [3.63, 3.8) is 0 Å². The normalized spacial score (nSPS) is 16.8. The third kappa shape index (κ3) is 11.8. The average Bonchev–Trinajstić information content (AvgIpc) is 3.33. The molecule has 3 N–H and O–H groups in total. The molecule has 0 saturated carbocycles. The summed E-state index contributed by atoms with van der Waals surface area (Å²) < 4.78 is 5.60. The fraction of sp³-hybridized carbons (Fsp3) is 0.710. The zero-order chi connectivity index (χ0) is 30.1. The van der Waals surface area contributed by atoms with E-state index in [1.807, 2.05) is 65.0 Å². The van der Waals surface area contributed by atoms with Crippen molar-refractivity contribution in [2.45, 2.75) is 98.4 Å². The molecule has 1 fully saturated rings. The SMILES string of the molecule is CC(C)CN(C[C@@H](O)C(Cc1ccccc1)NC(=O)[C@@H](NC(=O)CN1CCCC1)C(C)(C)C)C(=O)OC(C)(C)C. The van der Waals surface area contributed by atoms with Gasteiger partial charge in [0.1, 0.15) is 11.6 Å². The second kappa shape index (κ2) is 14.8. The second-order valence-electron chi connectivity index (χ2n) is 13.5. The number of hydrogen-bond acceptors (Lipinski definition) is 6. The van der Waals surface area contributed by atoms with Crippen LogP contribution >= 0.6 is 0 Å². The zero-order valence-electron chi connectivity index (χ0n) is 25.8. The van der Waals surface area contributed by atoms with Crippen LogP contribution in [0.15, 0.2) is 30.3 Å². The molecule has 0 spiro atoms. The molecule has 1 heterocycles. The van der Waals surface area contributed by atoms with Crippen LogP contribution in [0.25, 0.3) is 0 Å². The van der Waals surface area contributed by atoms with Gasteiger partial charge in [-0.05, 0) is 70.0 Å². The van der Waals surface area contributed by atoms with Gasteiger partial charge in [-0.3, -0.25) is 14.5 Å². The number of ether oxygens (including phenoxy) is 1. The van der Waals surface area contributed by atoms with Gasteiger partial charge in [-0.15, -0.1) is 0 Å². The Morgan fingerprint density at radius 1 is 0.975 bits per heavy atom. The van der Waals surface area contributed by atoms with Gasteiger partial charge in [-0.1, -0.05) is 65.0 Å². The maximum Gasteiger partial charge on any atom is 0.410 e. The molecule has 9 heteroatoms. The number of amides is 3. The van der Waals surface area contributed by atoms with Gasteiger partial charge in [0.2, 0.25) is 11.8 Å². The fourth-order valence-corrected chi connectivity index (χ4v) is 4.79. The van der Waals surface area contributed by atoms with Gasteiger partial charge >= 0.3 is 6.09 Å². The molecule has 3 atom stereocenters. The minimum Gasteiger partial charge on any atom is -0.444 e. The first kappa shape index (κ1) is 33.6. The van der Waals surface area contributed by atoms with Crippen LogP contribution < -0.4 is 10.6 Å². The molecular weight excluding hydrogens is 508 g/mol. The Morgan fingerprint density at radius 2 is 1.57 bits per heavy atom. The van der Waals surface area contributed by atoms with Crippen LogP contribution in [0.3, 0.4) is 0 Å². The van der Waals surface area contributed by atoms with Gasteiger partial charge in [0.15, 0.2) is 0 Å². The highest BCUT2D eigenvalue weighted by molar-refractivity contribution is 5.89. The van der Waals surface area contributed by atoms with E-state index in [0.29, 0.717) is 13.0 Å². The first-order valence-corrected chi connectivity index (χ1v) is 14.6. The maximum absolute atomic E-state index is 13.7. The quantitative estimate of drug-likeness (QED) is 0.360. The van der Waals surface area contributed by atoms with Gasteiger partial charge in [-0.2, -0.15) is 0 Å². The number of rotatable bonds is 12. The summed E-state index contributed by atoms with van der Waals surface area (Å²) >= 11 is 0. The van der Waals surface area contributed by atoms with Gasteiger partial charge in [0.05, 0.1) is 25.2 Å². The van der Waals surface area contributed by atoms with Gasteiger partial charge in [0, 0.05) is 6.54 Å². The van der Waals surface area contributed by atoms with E-state index in [4.69, 9.17) is 4.74 Å². The Labute approximate surface area is 241 Å². The predicted octanol–water partition coefficient (Wildman–Crippen LogP) is 3.59. The van der Waals surface area contributed by atoms with Crippen molar-refractivity contribution in [3.05, 3.63) is 35.9 Å². The van der Waals surface area contributed by atoms with Gasteiger partial charge in [0.25, 0.3) is 0 Å². The summed E-state index contributed by atoms with van der Waals surface area (Å²) in [5.74, 6) is -0.405. The number of benzene rings is 1. The minimum atomic E-state index is -1.07. The van der Waals surface area contributed by atoms with Crippen LogP contribution in [-0.4, -0.2) is 89.3 Å². The number of carbonyl (C=O) groups excluding carboxylic acids is 3. The third-order valence-corrected chi connectivity index (χ3v) is 6.73. The Bertz CT molecular complexity index is 949. The number of aliphatic hydroxyl groups is 1. The summed E-state index contributed by atoms with van der Waals surface area (Å²) in [5, 5.41) is 17.4. The molecule has 0 bridgehead atoms. The zero-order valence-corrected chi connectivity index (χ0v) is 25.8. The summed E-state index contributed by atoms with van der Waals surface area (Å²) in [6.07, 6.45) is 0.929. The first-order chi connectivity index (χ1) is 18.5. The van der Waals surface area contributed by atoms with Crippen LogP contribution in [0.2, 0.25) is 0 Å². The first-order valence-electron chi connectivity index (χ1n) is 14.6. The molecule has 1 aromatic carbocycles. The van der Waals surface area contributed by atoms with Crippen molar-refractivity contribution < 1.29 is 24.2 Å². The highest BCUT2D eigenvalue weighted by atomic mass is 16.6. The molecular formula is C31H52N4O5. The van der Waals surface area contributed by atoms with E-state index in [-0.39, 0.29) is 30.8 Å². The van der Waals surface area contributed by atoms with Crippen LogP contribution in [0, 0.1) is 11.3 Å². The molecule has 3 amide bonds. The van der Waals surface area contributed by atoms with Crippen molar-refractivity contribution in [2.75, 3.05) is 32.7 Å². The number of nitrogens with zero attached hydrogens (tertiary/aromatic N) is 2. The summed E-state index contributed by atoms with van der Waals surface area (Å²) in [6, 6.07) is 8.09. The number of aliphatic hydroxyl groups excluding tert-OH is 1. The molecule has 1 aliphatic heterocycles. The number of nitrogens with one attached hydrogen (secondary N) is 2. The van der Waals surface area contributed by atoms with E-state index in [2.05, 4.69) is 15.5 Å². The van der Waals surface area contributed by atoms with E-state index in [1.165, 1.54) is 4.90 Å². The number of carbonyl (C=O) groups is 3. The Hall–Kier alpha value is -2.65. The molecule has 1 unspecified atom stereocenters. The van der Waals surface area contributed by atoms with Crippen molar-refractivity contribution in [3.8, 4) is 0 Å². The largest absolute Gasteiger partial charge is 0.444 e. The third-order valence-electron chi connectivity index (χ3n) is 6.73. The van der Waals surface area contributed by atoms with E-state index in [9.17, 15) is 19.5 Å². The lowest BCUT2D eigenvalue weighted by Gasteiger charge is -2.35. The monoisotopic (exact) mass is 560 g/mol. The van der Waals surface area contributed by atoms with E-state index >= 15 is 0 Å². The van der Waals surface area contributed by atoms with Crippen LogP contribution in [0.1, 0.15) is 73.8 Å². The number of hydrogen-bond donors (Lipinski definition) is 3. The minimum absolute atomic E-state index is 0.00756. The van der Waals surface area contributed by atoms with E-state index in [1.54, 1.807) is 20.8 Å². The lowest BCUT2D eigenvalue weighted by Crippen LogP contribution is -2.59. The van der Waals surface area contributed by atoms with E-state index < -0.39 is 35.3 Å². The lowest BCUT2D eigenvalue weighted by molar-refractivity contribution is -0.133. The molecule has 0 radical (unpaired) electrons. The fourth-order valence-electron chi connectivity index (χ4n) is 4.79. The van der Waals surface area contributed by atoms with Crippen molar-refractivity contribution in [1.82, 2.24) is 20.4 Å². The van der Waals surface area contributed by atoms with Crippen LogP contribution in [0.4, 0.5) is 4.79 Å². The molecule has 9 nitrogen and oxygen atoms in total. The lowest BCUT2D eigenvalue weighted by atomic mass is 9.85. The standard InChI is InChI=1S/C31H52N4O5/c1-22(2)19-35(29(39)40-31(6,7)8)20-25(36)24(18-23-14-10-9-11-15-23)32-28(38)27(30(3,4)5)33-26(37)21-34-16-12-13-17-34/h9-11,14-15,22,24-25,27,36H,12-13,16-21H2,1-8H3,(H,32,38)(H,33,37)/t24?,25-,27-/m1/s1. The molecule has 0 aliphatic carbocycles. The van der Waals surface area contributed by atoms with Gasteiger partial charge < -0.3 is 25.4 Å². The van der Waals surface area contributed by atoms with Crippen molar-refractivity contribution in [1.29, 1.82) is 0 Å². The smallest absolute Gasteiger partial charge is 0.410 e. The molecule has 226 valence electrons. The molecule has 40 heavy (non-hydrogen) atoms. The molecule has 1 aromatic rings. The van der Waals surface area contributed by atoms with E-state index in [0.717, 1.165) is 31.5 Å². The summed E-state index contributed by atoms with van der Waals surface area (Å²) in [6.45, 7) is 17.5. The summed E-state index contributed by atoms with van der Waals surface area (Å²) in [5.41, 5.74) is -0.306. The maximum atomic E-state index is 13.7. The Kier molecular flexibility index (Phi) is 12.4. The topological polar surface area (TPSA) is 111 Å². The number of likely N-dealkylation sites (tertiary alicyclic amines) is 1. The average molecular weight is 561 g/mol. The van der Waals surface area contributed by atoms with Crippen LogP contribution in [0.5, 0.6) is 0 Å². The van der Waals surface area contributed by atoms with Crippen molar-refractivity contribution in [2.24, 2.45) is 11.3 Å².